The second kappa shape index (κ2) is 4.31. The van der Waals surface area contributed by atoms with Gasteiger partial charge >= 0.3 is 0 Å². The molecule has 0 atom stereocenters. The number of aromatic nitrogens is 1. The summed E-state index contributed by atoms with van der Waals surface area (Å²) in [6.07, 6.45) is 0. The third-order valence-electron chi connectivity index (χ3n) is 2.47. The molecule has 0 spiro atoms. The Kier molecular flexibility index (Phi) is 2.86. The van der Waals surface area contributed by atoms with Gasteiger partial charge in [0, 0.05) is 26.2 Å². The number of hydrogen-bond acceptors (Lipinski definition) is 6. The molecule has 0 saturated carbocycles. The summed E-state index contributed by atoms with van der Waals surface area (Å²) in [6.45, 7) is 3.27. The fourth-order valence-electron chi connectivity index (χ4n) is 1.68. The number of nitrogens with one attached hydrogen (secondary N) is 1. The molecule has 0 amide bonds. The molecule has 7 nitrogen and oxygen atoms in total. The summed E-state index contributed by atoms with van der Waals surface area (Å²) in [4.78, 5) is 16.3. The van der Waals surface area contributed by atoms with E-state index in [2.05, 4.69) is 10.3 Å². The topological polar surface area (TPSA) is 97.3 Å². The molecule has 0 aliphatic carbocycles. The maximum Gasteiger partial charge on any atom is 0.276 e. The number of nitrogen functional groups attached to an aromatic ring is 1. The van der Waals surface area contributed by atoms with Crippen LogP contribution < -0.4 is 16.0 Å². The number of rotatable bonds is 2. The SMILES string of the molecule is Nc1cc([N+](=O)[O-])cc(N2CCNCC2)n1. The molecule has 2 rings (SSSR count). The van der Waals surface area contributed by atoms with Gasteiger partial charge in [-0.3, -0.25) is 10.1 Å². The number of piperazine rings is 1. The number of anilines is 2. The minimum atomic E-state index is -0.455. The van der Waals surface area contributed by atoms with Crippen molar-refractivity contribution in [2.24, 2.45) is 0 Å². The Bertz CT molecular complexity index is 403. The molecular formula is C9H13N5O2. The Hall–Kier alpha value is -1.89. The number of nitrogens with two attached hydrogens (primary N) is 1. The Balaban J connectivity index is 2.28. The zero-order valence-corrected chi connectivity index (χ0v) is 8.72. The minimum absolute atomic E-state index is 0.0129. The number of nitro groups is 1. The van der Waals surface area contributed by atoms with Crippen molar-refractivity contribution >= 4 is 17.3 Å². The summed E-state index contributed by atoms with van der Waals surface area (Å²) in [7, 11) is 0. The van der Waals surface area contributed by atoms with E-state index >= 15 is 0 Å². The van der Waals surface area contributed by atoms with E-state index in [0.717, 1.165) is 26.2 Å². The molecule has 0 radical (unpaired) electrons. The molecule has 16 heavy (non-hydrogen) atoms. The average Bonchev–Trinajstić information content (AvgIpc) is 2.29. The quantitative estimate of drug-likeness (QED) is 0.540. The van der Waals surface area contributed by atoms with Crippen LogP contribution in [-0.4, -0.2) is 36.1 Å². The summed E-state index contributed by atoms with van der Waals surface area (Å²) in [5.41, 5.74) is 5.53. The van der Waals surface area contributed by atoms with Crippen LogP contribution in [0.3, 0.4) is 0 Å². The lowest BCUT2D eigenvalue weighted by Gasteiger charge is -2.28. The zero-order chi connectivity index (χ0) is 11.5. The maximum atomic E-state index is 10.7. The van der Waals surface area contributed by atoms with E-state index < -0.39 is 4.92 Å². The van der Waals surface area contributed by atoms with Crippen LogP contribution >= 0.6 is 0 Å². The Labute approximate surface area is 92.4 Å². The maximum absolute atomic E-state index is 10.7. The van der Waals surface area contributed by atoms with Gasteiger partial charge in [-0.1, -0.05) is 0 Å². The minimum Gasteiger partial charge on any atom is -0.383 e. The van der Waals surface area contributed by atoms with Crippen LogP contribution in [0, 0.1) is 10.1 Å². The molecule has 1 fully saturated rings. The number of nitrogens with zero attached hydrogens (tertiary/aromatic N) is 3. The Morgan fingerprint density at radius 1 is 1.44 bits per heavy atom. The summed E-state index contributed by atoms with van der Waals surface area (Å²) >= 11 is 0. The van der Waals surface area contributed by atoms with Crippen LogP contribution in [0.4, 0.5) is 17.3 Å². The van der Waals surface area contributed by atoms with Gasteiger partial charge < -0.3 is 16.0 Å². The summed E-state index contributed by atoms with van der Waals surface area (Å²) in [6, 6.07) is 2.73. The molecule has 86 valence electrons. The predicted molar refractivity (Wildman–Crippen MR) is 60.4 cm³/mol. The van der Waals surface area contributed by atoms with Crippen LogP contribution in [0.25, 0.3) is 0 Å². The molecule has 2 heterocycles. The van der Waals surface area contributed by atoms with Crippen molar-refractivity contribution in [2.75, 3.05) is 36.8 Å². The van der Waals surface area contributed by atoms with E-state index in [9.17, 15) is 10.1 Å². The lowest BCUT2D eigenvalue weighted by Crippen LogP contribution is -2.43. The Morgan fingerprint density at radius 3 is 2.75 bits per heavy atom. The van der Waals surface area contributed by atoms with E-state index in [-0.39, 0.29) is 11.5 Å². The molecular weight excluding hydrogens is 210 g/mol. The van der Waals surface area contributed by atoms with E-state index in [1.165, 1.54) is 12.1 Å². The molecule has 3 N–H and O–H groups in total. The van der Waals surface area contributed by atoms with Crippen LogP contribution in [0.2, 0.25) is 0 Å². The van der Waals surface area contributed by atoms with Gasteiger partial charge in [-0.05, 0) is 0 Å². The van der Waals surface area contributed by atoms with Gasteiger partial charge in [0.2, 0.25) is 0 Å². The standard InChI is InChI=1S/C9H13N5O2/c10-8-5-7(14(15)16)6-9(12-8)13-3-1-11-2-4-13/h5-6,11H,1-4H2,(H2,10,12). The number of pyridine rings is 1. The van der Waals surface area contributed by atoms with E-state index in [1.54, 1.807) is 0 Å². The first kappa shape index (κ1) is 10.6. The van der Waals surface area contributed by atoms with Crippen molar-refractivity contribution in [1.29, 1.82) is 0 Å². The first-order chi connectivity index (χ1) is 7.66. The molecule has 0 unspecified atom stereocenters. The van der Waals surface area contributed by atoms with Crippen molar-refractivity contribution in [3.63, 3.8) is 0 Å². The van der Waals surface area contributed by atoms with Crippen LogP contribution in [0.15, 0.2) is 12.1 Å². The third kappa shape index (κ3) is 2.19. The highest BCUT2D eigenvalue weighted by molar-refractivity contribution is 5.54. The molecule has 0 aromatic carbocycles. The highest BCUT2D eigenvalue weighted by Crippen LogP contribution is 2.21. The molecule has 1 aromatic heterocycles. The van der Waals surface area contributed by atoms with Gasteiger partial charge in [-0.15, -0.1) is 0 Å². The lowest BCUT2D eigenvalue weighted by atomic mass is 10.3. The monoisotopic (exact) mass is 223 g/mol. The largest absolute Gasteiger partial charge is 0.383 e. The second-order valence-electron chi connectivity index (χ2n) is 3.60. The normalized spacial score (nSPS) is 16.1. The third-order valence-corrected chi connectivity index (χ3v) is 2.47. The number of hydrogen-bond donors (Lipinski definition) is 2. The molecule has 1 aliphatic heterocycles. The van der Waals surface area contributed by atoms with Crippen LogP contribution in [0.1, 0.15) is 0 Å². The molecule has 1 aromatic rings. The van der Waals surface area contributed by atoms with Crippen molar-refractivity contribution < 1.29 is 4.92 Å². The molecule has 1 saturated heterocycles. The predicted octanol–water partition coefficient (Wildman–Crippen LogP) is -0.0184. The fraction of sp³-hybridized carbons (Fsp3) is 0.444. The molecule has 7 heteroatoms. The summed E-state index contributed by atoms with van der Waals surface area (Å²) < 4.78 is 0. The smallest absolute Gasteiger partial charge is 0.276 e. The summed E-state index contributed by atoms with van der Waals surface area (Å²) in [5.74, 6) is 0.760. The summed E-state index contributed by atoms with van der Waals surface area (Å²) in [5, 5.41) is 13.9. The van der Waals surface area contributed by atoms with Crippen molar-refractivity contribution in [2.45, 2.75) is 0 Å². The Morgan fingerprint density at radius 2 is 2.12 bits per heavy atom. The van der Waals surface area contributed by atoms with Gasteiger partial charge in [0.1, 0.15) is 11.6 Å². The second-order valence-corrected chi connectivity index (χ2v) is 3.60. The van der Waals surface area contributed by atoms with Crippen molar-refractivity contribution in [3.05, 3.63) is 22.2 Å². The van der Waals surface area contributed by atoms with Crippen molar-refractivity contribution in [3.8, 4) is 0 Å². The van der Waals surface area contributed by atoms with Crippen LogP contribution in [-0.2, 0) is 0 Å². The van der Waals surface area contributed by atoms with E-state index in [0.29, 0.717) is 5.82 Å². The van der Waals surface area contributed by atoms with Crippen LogP contribution in [0.5, 0.6) is 0 Å². The first-order valence-corrected chi connectivity index (χ1v) is 5.04. The highest BCUT2D eigenvalue weighted by atomic mass is 16.6. The first-order valence-electron chi connectivity index (χ1n) is 5.04. The van der Waals surface area contributed by atoms with Gasteiger partial charge in [0.05, 0.1) is 17.1 Å². The molecule has 1 aliphatic rings. The van der Waals surface area contributed by atoms with Gasteiger partial charge in [0.25, 0.3) is 5.69 Å². The highest BCUT2D eigenvalue weighted by Gasteiger charge is 2.16. The van der Waals surface area contributed by atoms with E-state index in [1.807, 2.05) is 4.90 Å². The van der Waals surface area contributed by atoms with Gasteiger partial charge in [-0.2, -0.15) is 0 Å². The fourth-order valence-corrected chi connectivity index (χ4v) is 1.68. The lowest BCUT2D eigenvalue weighted by molar-refractivity contribution is -0.384. The van der Waals surface area contributed by atoms with Gasteiger partial charge in [-0.25, -0.2) is 4.98 Å². The average molecular weight is 223 g/mol. The zero-order valence-electron chi connectivity index (χ0n) is 8.72. The molecule has 0 bridgehead atoms. The van der Waals surface area contributed by atoms with Crippen molar-refractivity contribution in [1.82, 2.24) is 10.3 Å². The van der Waals surface area contributed by atoms with E-state index in [4.69, 9.17) is 5.73 Å². The van der Waals surface area contributed by atoms with Gasteiger partial charge in [0.15, 0.2) is 0 Å².